The predicted molar refractivity (Wildman–Crippen MR) is 72.5 cm³/mol. The number of carbonyl (C=O) groups excluding carboxylic acids is 2. The summed E-state index contributed by atoms with van der Waals surface area (Å²) < 4.78 is 21.1. The van der Waals surface area contributed by atoms with Crippen molar-refractivity contribution < 1.29 is 23.5 Å². The summed E-state index contributed by atoms with van der Waals surface area (Å²) >= 11 is 17.2. The molecule has 0 aliphatic rings. The highest BCUT2D eigenvalue weighted by Gasteiger charge is 2.39. The van der Waals surface area contributed by atoms with Gasteiger partial charge in [-0.05, 0) is 18.2 Å². The van der Waals surface area contributed by atoms with Crippen LogP contribution in [0.15, 0.2) is 18.2 Å². The van der Waals surface area contributed by atoms with E-state index in [-0.39, 0.29) is 11.3 Å². The van der Waals surface area contributed by atoms with Crippen LogP contribution in [0.25, 0.3) is 0 Å². The summed E-state index contributed by atoms with van der Waals surface area (Å²) in [5.41, 5.74) is -0.0598. The first-order chi connectivity index (χ1) is 9.11. The minimum Gasteiger partial charge on any atom is -0.453 e. The van der Waals surface area contributed by atoms with Gasteiger partial charge in [0.1, 0.15) is 11.6 Å². The normalized spacial score (nSPS) is 12.7. The van der Waals surface area contributed by atoms with Gasteiger partial charge in [-0.15, -0.1) is 0 Å². The van der Waals surface area contributed by atoms with Crippen LogP contribution in [-0.4, -0.2) is 15.7 Å². The van der Waals surface area contributed by atoms with Crippen molar-refractivity contribution in [2.75, 3.05) is 0 Å². The third kappa shape index (κ3) is 4.81. The Labute approximate surface area is 129 Å². The lowest BCUT2D eigenvalue weighted by molar-refractivity contribution is -0.146. The summed E-state index contributed by atoms with van der Waals surface area (Å²) in [4.78, 5) is 22.1. The van der Waals surface area contributed by atoms with Crippen LogP contribution in [0, 0.1) is 5.82 Å². The first-order valence-electron chi connectivity index (χ1n) is 5.33. The maximum Gasteiger partial charge on any atom is 0.308 e. The molecule has 0 saturated heterocycles. The van der Waals surface area contributed by atoms with Crippen molar-refractivity contribution in [1.82, 2.24) is 0 Å². The summed E-state index contributed by atoms with van der Waals surface area (Å²) in [6, 6.07) is 3.21. The Morgan fingerprint density at radius 2 is 1.80 bits per heavy atom. The minimum absolute atomic E-state index is 0.0588. The second-order valence-electron chi connectivity index (χ2n) is 3.81. The molecule has 0 heterocycles. The Morgan fingerprint density at radius 1 is 1.20 bits per heavy atom. The second kappa shape index (κ2) is 6.61. The van der Waals surface area contributed by atoms with E-state index in [1.165, 1.54) is 6.07 Å². The molecule has 0 radical (unpaired) electrons. The average Bonchev–Trinajstić information content (AvgIpc) is 2.26. The molecule has 4 nitrogen and oxygen atoms in total. The summed E-state index contributed by atoms with van der Waals surface area (Å²) in [5, 5.41) is 0. The van der Waals surface area contributed by atoms with Crippen molar-refractivity contribution in [2.24, 2.45) is 0 Å². The highest BCUT2D eigenvalue weighted by molar-refractivity contribution is 6.68. The first kappa shape index (κ1) is 17.0. The number of alkyl halides is 3. The summed E-state index contributed by atoms with van der Waals surface area (Å²) in [6.45, 7) is 2.26. The van der Waals surface area contributed by atoms with E-state index in [0.29, 0.717) is 0 Å². The topological polar surface area (TPSA) is 52.6 Å². The quantitative estimate of drug-likeness (QED) is 0.477. The van der Waals surface area contributed by atoms with Crippen molar-refractivity contribution in [2.45, 2.75) is 23.7 Å². The maximum absolute atomic E-state index is 13.4. The molecule has 0 saturated carbocycles. The SMILES string of the molecule is CC(=O)Oc1ccc(F)cc1C(OC(C)=O)C(Cl)(Cl)Cl. The van der Waals surface area contributed by atoms with Gasteiger partial charge in [0.05, 0.1) is 0 Å². The highest BCUT2D eigenvalue weighted by Crippen LogP contribution is 2.45. The molecule has 110 valence electrons. The van der Waals surface area contributed by atoms with E-state index in [1.54, 1.807) is 0 Å². The molecule has 1 atom stereocenters. The third-order valence-corrected chi connectivity index (χ3v) is 2.68. The molecular formula is C12H10Cl3FO4. The van der Waals surface area contributed by atoms with Crippen LogP contribution in [0.4, 0.5) is 4.39 Å². The Balaban J connectivity index is 3.33. The molecule has 0 spiro atoms. The minimum atomic E-state index is -2.06. The van der Waals surface area contributed by atoms with Gasteiger partial charge in [-0.2, -0.15) is 0 Å². The lowest BCUT2D eigenvalue weighted by atomic mass is 10.1. The van der Waals surface area contributed by atoms with Gasteiger partial charge in [0.25, 0.3) is 0 Å². The van der Waals surface area contributed by atoms with Crippen molar-refractivity contribution in [3.05, 3.63) is 29.6 Å². The molecule has 0 fully saturated rings. The van der Waals surface area contributed by atoms with Crippen molar-refractivity contribution in [3.63, 3.8) is 0 Å². The molecule has 0 aliphatic heterocycles. The number of halogens is 4. The largest absolute Gasteiger partial charge is 0.453 e. The van der Waals surface area contributed by atoms with Gasteiger partial charge in [-0.25, -0.2) is 4.39 Å². The molecule has 20 heavy (non-hydrogen) atoms. The Kier molecular flexibility index (Phi) is 5.62. The summed E-state index contributed by atoms with van der Waals surface area (Å²) in [5.74, 6) is -2.11. The highest BCUT2D eigenvalue weighted by atomic mass is 35.6. The van der Waals surface area contributed by atoms with Crippen LogP contribution in [-0.2, 0) is 14.3 Å². The number of rotatable bonds is 3. The van der Waals surface area contributed by atoms with E-state index in [9.17, 15) is 14.0 Å². The lowest BCUT2D eigenvalue weighted by Crippen LogP contribution is -2.23. The fourth-order valence-corrected chi connectivity index (χ4v) is 1.93. The van der Waals surface area contributed by atoms with Crippen molar-refractivity contribution in [3.8, 4) is 5.75 Å². The number of benzene rings is 1. The third-order valence-electron chi connectivity index (χ3n) is 2.09. The zero-order chi connectivity index (χ0) is 15.5. The van der Waals surface area contributed by atoms with E-state index < -0.39 is 27.7 Å². The van der Waals surface area contributed by atoms with Crippen LogP contribution < -0.4 is 4.74 Å². The van der Waals surface area contributed by atoms with Crippen molar-refractivity contribution in [1.29, 1.82) is 0 Å². The smallest absolute Gasteiger partial charge is 0.308 e. The van der Waals surface area contributed by atoms with Gasteiger partial charge in [-0.1, -0.05) is 34.8 Å². The Morgan fingerprint density at radius 3 is 2.25 bits per heavy atom. The van der Waals surface area contributed by atoms with E-state index >= 15 is 0 Å². The molecule has 1 unspecified atom stereocenters. The second-order valence-corrected chi connectivity index (χ2v) is 6.18. The Hall–Kier alpha value is -1.04. The first-order valence-corrected chi connectivity index (χ1v) is 6.46. The van der Waals surface area contributed by atoms with E-state index in [4.69, 9.17) is 44.3 Å². The standard InChI is InChI=1S/C12H10Cl3FO4/c1-6(17)19-10-4-3-8(16)5-9(10)11(12(13,14)15)20-7(2)18/h3-5,11H,1-2H3. The zero-order valence-electron chi connectivity index (χ0n) is 10.5. The number of carbonyl (C=O) groups is 2. The van der Waals surface area contributed by atoms with Gasteiger partial charge in [0, 0.05) is 19.4 Å². The summed E-state index contributed by atoms with van der Waals surface area (Å²) in [7, 11) is 0. The molecule has 1 rings (SSSR count). The zero-order valence-corrected chi connectivity index (χ0v) is 12.7. The van der Waals surface area contributed by atoms with Gasteiger partial charge in [0.2, 0.25) is 3.79 Å². The lowest BCUT2D eigenvalue weighted by Gasteiger charge is -2.25. The van der Waals surface area contributed by atoms with Crippen LogP contribution in [0.5, 0.6) is 5.75 Å². The van der Waals surface area contributed by atoms with Crippen molar-refractivity contribution >= 4 is 46.7 Å². The van der Waals surface area contributed by atoms with Crippen LogP contribution in [0.3, 0.4) is 0 Å². The van der Waals surface area contributed by atoms with Gasteiger partial charge in [-0.3, -0.25) is 9.59 Å². The number of ether oxygens (including phenoxy) is 2. The predicted octanol–water partition coefficient (Wildman–Crippen LogP) is 3.73. The van der Waals surface area contributed by atoms with Crippen LogP contribution in [0.2, 0.25) is 0 Å². The molecule has 0 aromatic heterocycles. The molecule has 0 aliphatic carbocycles. The maximum atomic E-state index is 13.4. The molecule has 1 aromatic rings. The Bertz CT molecular complexity index is 528. The average molecular weight is 344 g/mol. The van der Waals surface area contributed by atoms with Crippen LogP contribution >= 0.6 is 34.8 Å². The monoisotopic (exact) mass is 342 g/mol. The summed E-state index contributed by atoms with van der Waals surface area (Å²) in [6.07, 6.45) is -1.42. The van der Waals surface area contributed by atoms with E-state index in [0.717, 1.165) is 26.0 Å². The number of esters is 2. The molecule has 0 bridgehead atoms. The molecule has 8 heteroatoms. The fraction of sp³-hybridized carbons (Fsp3) is 0.333. The fourth-order valence-electron chi connectivity index (χ4n) is 1.44. The van der Waals surface area contributed by atoms with Gasteiger partial charge < -0.3 is 9.47 Å². The van der Waals surface area contributed by atoms with E-state index in [1.807, 2.05) is 0 Å². The van der Waals surface area contributed by atoms with Crippen LogP contribution in [0.1, 0.15) is 25.5 Å². The number of hydrogen-bond acceptors (Lipinski definition) is 4. The van der Waals surface area contributed by atoms with Gasteiger partial charge in [0.15, 0.2) is 6.10 Å². The molecule has 0 N–H and O–H groups in total. The number of hydrogen-bond donors (Lipinski definition) is 0. The van der Waals surface area contributed by atoms with Gasteiger partial charge >= 0.3 is 11.9 Å². The molecular weight excluding hydrogens is 333 g/mol. The molecule has 1 aromatic carbocycles. The van der Waals surface area contributed by atoms with E-state index in [2.05, 4.69) is 0 Å². The molecule has 0 amide bonds.